The number of amides is 2. The van der Waals surface area contributed by atoms with Gasteiger partial charge in [0, 0.05) is 11.4 Å². The average Bonchev–Trinajstić information content (AvgIpc) is 3.32. The zero-order chi connectivity index (χ0) is 18.7. The second-order valence-corrected chi connectivity index (χ2v) is 6.89. The fraction of sp³-hybridized carbons (Fsp3) is 0.118. The number of carbonyl (C=O) groups excluding carboxylic acids is 2. The van der Waals surface area contributed by atoms with Crippen LogP contribution in [0.2, 0.25) is 0 Å². The van der Waals surface area contributed by atoms with Gasteiger partial charge in [0.05, 0.1) is 30.3 Å². The lowest BCUT2D eigenvalue weighted by Crippen LogP contribution is -2.19. The summed E-state index contributed by atoms with van der Waals surface area (Å²) in [5.41, 5.74) is 6.01. The van der Waals surface area contributed by atoms with E-state index in [1.54, 1.807) is 16.7 Å². The number of thiophene rings is 1. The molecule has 3 rings (SSSR count). The Morgan fingerprint density at radius 2 is 1.88 bits per heavy atom. The fourth-order valence-corrected chi connectivity index (χ4v) is 3.88. The number of carbonyl (C=O) groups is 2. The summed E-state index contributed by atoms with van der Waals surface area (Å²) in [6.07, 6.45) is 0. The van der Waals surface area contributed by atoms with E-state index in [0.717, 1.165) is 9.88 Å². The topological polar surface area (TPSA) is 104 Å². The molecule has 0 fully saturated rings. The van der Waals surface area contributed by atoms with Crippen LogP contribution < -0.4 is 20.5 Å². The van der Waals surface area contributed by atoms with E-state index in [9.17, 15) is 9.59 Å². The molecule has 0 bridgehead atoms. The third kappa shape index (κ3) is 3.53. The minimum absolute atomic E-state index is 0.115. The highest BCUT2D eigenvalue weighted by atomic mass is 32.1. The second-order valence-electron chi connectivity index (χ2n) is 5.09. The van der Waals surface area contributed by atoms with Crippen LogP contribution >= 0.6 is 22.7 Å². The van der Waals surface area contributed by atoms with Crippen LogP contribution in [0.4, 0.5) is 5.69 Å². The van der Waals surface area contributed by atoms with Crippen molar-refractivity contribution in [2.75, 3.05) is 19.5 Å². The Bertz CT molecular complexity index is 951. The Labute approximate surface area is 157 Å². The Morgan fingerprint density at radius 3 is 2.50 bits per heavy atom. The molecule has 0 spiro atoms. The molecule has 7 nitrogen and oxygen atoms in total. The number of nitrogens with two attached hydrogens (primary N) is 1. The van der Waals surface area contributed by atoms with Gasteiger partial charge < -0.3 is 20.5 Å². The Hall–Kier alpha value is -2.91. The molecule has 2 amide bonds. The highest BCUT2D eigenvalue weighted by Gasteiger charge is 2.19. The van der Waals surface area contributed by atoms with Gasteiger partial charge in [-0.3, -0.25) is 9.59 Å². The molecule has 1 aromatic carbocycles. The third-order valence-electron chi connectivity index (χ3n) is 3.51. The van der Waals surface area contributed by atoms with Crippen molar-refractivity contribution in [3.8, 4) is 21.4 Å². The van der Waals surface area contributed by atoms with E-state index < -0.39 is 11.8 Å². The normalized spacial score (nSPS) is 10.4. The van der Waals surface area contributed by atoms with E-state index in [0.29, 0.717) is 11.5 Å². The van der Waals surface area contributed by atoms with Crippen molar-refractivity contribution < 1.29 is 19.1 Å². The SMILES string of the molecule is COc1cc(NC(=O)c2csc(-c3cccs3)n2)c(C(N)=O)cc1OC. The molecular formula is C17H15N3O4S2. The number of nitrogens with zero attached hydrogens (tertiary/aromatic N) is 1. The number of aromatic nitrogens is 1. The number of hydrogen-bond donors (Lipinski definition) is 2. The van der Waals surface area contributed by atoms with Gasteiger partial charge in [-0.25, -0.2) is 4.98 Å². The summed E-state index contributed by atoms with van der Waals surface area (Å²) < 4.78 is 10.4. The van der Waals surface area contributed by atoms with Crippen molar-refractivity contribution in [2.24, 2.45) is 5.73 Å². The van der Waals surface area contributed by atoms with Crippen molar-refractivity contribution in [3.63, 3.8) is 0 Å². The maximum Gasteiger partial charge on any atom is 0.275 e. The molecule has 9 heteroatoms. The van der Waals surface area contributed by atoms with Crippen LogP contribution in [-0.4, -0.2) is 31.0 Å². The largest absolute Gasteiger partial charge is 0.493 e. The average molecular weight is 389 g/mol. The zero-order valence-corrected chi connectivity index (χ0v) is 15.6. The smallest absolute Gasteiger partial charge is 0.275 e. The first-order valence-corrected chi connectivity index (χ1v) is 9.16. The number of nitrogens with one attached hydrogen (secondary N) is 1. The molecule has 0 radical (unpaired) electrons. The molecule has 0 aliphatic heterocycles. The van der Waals surface area contributed by atoms with E-state index in [1.807, 2.05) is 17.5 Å². The van der Waals surface area contributed by atoms with Gasteiger partial charge in [-0.05, 0) is 17.5 Å². The first-order chi connectivity index (χ1) is 12.5. The first-order valence-electron chi connectivity index (χ1n) is 7.40. The highest BCUT2D eigenvalue weighted by molar-refractivity contribution is 7.20. The summed E-state index contributed by atoms with van der Waals surface area (Å²) in [5.74, 6) is -0.434. The lowest BCUT2D eigenvalue weighted by atomic mass is 10.1. The van der Waals surface area contributed by atoms with E-state index >= 15 is 0 Å². The van der Waals surface area contributed by atoms with Crippen molar-refractivity contribution >= 4 is 40.2 Å². The minimum Gasteiger partial charge on any atom is -0.493 e. The van der Waals surface area contributed by atoms with E-state index in [1.165, 1.54) is 37.7 Å². The Kier molecular flexibility index (Phi) is 5.19. The van der Waals surface area contributed by atoms with E-state index in [2.05, 4.69) is 10.3 Å². The van der Waals surface area contributed by atoms with Crippen molar-refractivity contribution in [1.29, 1.82) is 0 Å². The maximum atomic E-state index is 12.5. The lowest BCUT2D eigenvalue weighted by molar-refractivity contribution is 0.100. The summed E-state index contributed by atoms with van der Waals surface area (Å²) in [5, 5.41) is 7.03. The number of ether oxygens (including phenoxy) is 2. The number of primary amides is 1. The summed E-state index contributed by atoms with van der Waals surface area (Å²) in [4.78, 5) is 29.6. The molecule has 0 atom stereocenters. The van der Waals surface area contributed by atoms with Crippen LogP contribution in [0.1, 0.15) is 20.8 Å². The summed E-state index contributed by atoms with van der Waals surface area (Å²) >= 11 is 2.92. The lowest BCUT2D eigenvalue weighted by Gasteiger charge is -2.13. The zero-order valence-electron chi connectivity index (χ0n) is 13.9. The quantitative estimate of drug-likeness (QED) is 0.674. The van der Waals surface area contributed by atoms with Crippen LogP contribution in [0.3, 0.4) is 0 Å². The van der Waals surface area contributed by atoms with Gasteiger partial charge in [-0.15, -0.1) is 22.7 Å². The number of thiazole rings is 1. The molecule has 26 heavy (non-hydrogen) atoms. The van der Waals surface area contributed by atoms with Gasteiger partial charge >= 0.3 is 0 Å². The summed E-state index contributed by atoms with van der Waals surface area (Å²) in [7, 11) is 2.91. The fourth-order valence-electron chi connectivity index (χ4n) is 2.26. The molecule has 0 aliphatic rings. The number of benzene rings is 1. The Balaban J connectivity index is 1.90. The predicted octanol–water partition coefficient (Wildman–Crippen LogP) is 3.24. The molecule has 3 N–H and O–H groups in total. The highest BCUT2D eigenvalue weighted by Crippen LogP contribution is 2.34. The summed E-state index contributed by atoms with van der Waals surface area (Å²) in [6, 6.07) is 6.77. The molecule has 2 heterocycles. The monoisotopic (exact) mass is 389 g/mol. The molecule has 0 saturated heterocycles. The number of methoxy groups -OCH3 is 2. The van der Waals surface area contributed by atoms with Gasteiger partial charge in [0.2, 0.25) is 0 Å². The van der Waals surface area contributed by atoms with Crippen LogP contribution in [0.5, 0.6) is 11.5 Å². The van der Waals surface area contributed by atoms with Gasteiger partial charge in [0.1, 0.15) is 10.7 Å². The van der Waals surface area contributed by atoms with Crippen LogP contribution in [0.15, 0.2) is 35.0 Å². The summed E-state index contributed by atoms with van der Waals surface area (Å²) in [6.45, 7) is 0. The molecule has 0 unspecified atom stereocenters. The predicted molar refractivity (Wildman–Crippen MR) is 101 cm³/mol. The molecular weight excluding hydrogens is 374 g/mol. The van der Waals surface area contributed by atoms with Crippen molar-refractivity contribution in [3.05, 3.63) is 46.3 Å². The van der Waals surface area contributed by atoms with Crippen molar-refractivity contribution in [2.45, 2.75) is 0 Å². The minimum atomic E-state index is -0.696. The molecule has 0 aliphatic carbocycles. The molecule has 0 saturated carbocycles. The van der Waals surface area contributed by atoms with Gasteiger partial charge in [-0.2, -0.15) is 0 Å². The third-order valence-corrected chi connectivity index (χ3v) is 5.39. The van der Waals surface area contributed by atoms with Crippen LogP contribution in [0.25, 0.3) is 9.88 Å². The van der Waals surface area contributed by atoms with Gasteiger partial charge in [-0.1, -0.05) is 6.07 Å². The maximum absolute atomic E-state index is 12.5. The Morgan fingerprint density at radius 1 is 1.15 bits per heavy atom. The second kappa shape index (κ2) is 7.54. The molecule has 2 aromatic heterocycles. The number of hydrogen-bond acceptors (Lipinski definition) is 7. The van der Waals surface area contributed by atoms with E-state index in [4.69, 9.17) is 15.2 Å². The first kappa shape index (κ1) is 17.9. The van der Waals surface area contributed by atoms with Crippen molar-refractivity contribution in [1.82, 2.24) is 4.98 Å². The van der Waals surface area contributed by atoms with Gasteiger partial charge in [0.25, 0.3) is 11.8 Å². The molecule has 134 valence electrons. The van der Waals surface area contributed by atoms with Crippen LogP contribution in [0, 0.1) is 0 Å². The molecule has 3 aromatic rings. The van der Waals surface area contributed by atoms with E-state index in [-0.39, 0.29) is 16.9 Å². The number of rotatable bonds is 6. The number of anilines is 1. The standard InChI is InChI=1S/C17H15N3O4S2/c1-23-12-6-9(15(18)21)10(7-13(12)24-2)19-16(22)11-8-26-17(20-11)14-4-3-5-25-14/h3-8H,1-2H3,(H2,18,21)(H,19,22). The van der Waals surface area contributed by atoms with Gasteiger partial charge in [0.15, 0.2) is 11.5 Å². The van der Waals surface area contributed by atoms with Crippen LogP contribution in [-0.2, 0) is 0 Å².